The van der Waals surface area contributed by atoms with E-state index in [0.717, 1.165) is 5.75 Å². The first-order chi connectivity index (χ1) is 8.15. The van der Waals surface area contributed by atoms with Crippen LogP contribution in [0.3, 0.4) is 0 Å². The summed E-state index contributed by atoms with van der Waals surface area (Å²) in [6.07, 6.45) is 0. The first-order valence-corrected chi connectivity index (χ1v) is 6.63. The lowest BCUT2D eigenvalue weighted by atomic mass is 10.1. The van der Waals surface area contributed by atoms with Gasteiger partial charge in [0, 0.05) is 5.75 Å². The minimum absolute atomic E-state index is 0.122. The van der Waals surface area contributed by atoms with Gasteiger partial charge in [-0.1, -0.05) is 36.0 Å². The molecule has 0 bridgehead atoms. The van der Waals surface area contributed by atoms with Gasteiger partial charge in [0.05, 0.1) is 0 Å². The molecule has 0 amide bonds. The van der Waals surface area contributed by atoms with Crippen LogP contribution in [-0.4, -0.2) is 15.0 Å². The maximum absolute atomic E-state index is 5.70. The van der Waals surface area contributed by atoms with Crippen molar-refractivity contribution in [2.24, 2.45) is 0 Å². The first-order valence-electron chi connectivity index (χ1n) is 4.89. The summed E-state index contributed by atoms with van der Waals surface area (Å²) in [5, 5.41) is 0.785. The van der Waals surface area contributed by atoms with Crippen molar-refractivity contribution in [2.45, 2.75) is 17.8 Å². The van der Waals surface area contributed by atoms with Gasteiger partial charge in [-0.05, 0) is 41.3 Å². The molecule has 0 aliphatic heterocycles. The van der Waals surface area contributed by atoms with Crippen molar-refractivity contribution >= 4 is 35.0 Å². The van der Waals surface area contributed by atoms with Gasteiger partial charge in [0.15, 0.2) is 5.16 Å². The summed E-state index contributed by atoms with van der Waals surface area (Å²) >= 11 is 12.9. The predicted octanol–water partition coefficient (Wildman–Crippen LogP) is 3.78. The average Bonchev–Trinajstić information content (AvgIpc) is 2.27. The number of aromatic nitrogens is 3. The molecule has 2 aromatic rings. The third-order valence-electron chi connectivity index (χ3n) is 2.18. The molecule has 0 N–H and O–H groups in total. The fraction of sp³-hybridized carbons (Fsp3) is 0.182. The van der Waals surface area contributed by atoms with Crippen LogP contribution in [0.4, 0.5) is 0 Å². The molecule has 0 aliphatic carbocycles. The zero-order valence-corrected chi connectivity index (χ0v) is 11.4. The Morgan fingerprint density at radius 3 is 2.35 bits per heavy atom. The van der Waals surface area contributed by atoms with Crippen LogP contribution >= 0.6 is 35.0 Å². The van der Waals surface area contributed by atoms with Crippen molar-refractivity contribution in [2.75, 3.05) is 0 Å². The van der Waals surface area contributed by atoms with Gasteiger partial charge in [0.25, 0.3) is 0 Å². The van der Waals surface area contributed by atoms with Crippen LogP contribution < -0.4 is 0 Å². The Balaban J connectivity index is 2.10. The highest BCUT2D eigenvalue weighted by Crippen LogP contribution is 2.22. The minimum atomic E-state index is 0.122. The second-order valence-corrected chi connectivity index (χ2v) is 4.99. The molecule has 6 heteroatoms. The van der Waals surface area contributed by atoms with E-state index in [0.29, 0.717) is 5.16 Å². The molecule has 0 aliphatic rings. The zero-order valence-electron chi connectivity index (χ0n) is 9.02. The average molecular weight is 286 g/mol. The van der Waals surface area contributed by atoms with Crippen molar-refractivity contribution in [1.29, 1.82) is 0 Å². The number of halogens is 2. The zero-order chi connectivity index (χ0) is 12.3. The number of hydrogen-bond acceptors (Lipinski definition) is 4. The minimum Gasteiger partial charge on any atom is -0.192 e. The Morgan fingerprint density at radius 1 is 1.06 bits per heavy atom. The molecule has 0 atom stereocenters. The monoisotopic (exact) mass is 285 g/mol. The Hall–Kier alpha value is -0.840. The smallest absolute Gasteiger partial charge is 0.192 e. The molecular weight excluding hydrogens is 277 g/mol. The van der Waals surface area contributed by atoms with Crippen LogP contribution in [0.15, 0.2) is 29.4 Å². The summed E-state index contributed by atoms with van der Waals surface area (Å²) in [7, 11) is 0. The highest BCUT2D eigenvalue weighted by molar-refractivity contribution is 7.98. The van der Waals surface area contributed by atoms with Gasteiger partial charge in [-0.25, -0.2) is 0 Å². The molecule has 1 aromatic carbocycles. The van der Waals surface area contributed by atoms with Crippen molar-refractivity contribution in [3.8, 4) is 0 Å². The Bertz CT molecular complexity index is 514. The summed E-state index contributed by atoms with van der Waals surface area (Å²) < 4.78 is 0. The lowest BCUT2D eigenvalue weighted by molar-refractivity contribution is 0.903. The highest BCUT2D eigenvalue weighted by atomic mass is 35.5. The molecule has 0 radical (unpaired) electrons. The van der Waals surface area contributed by atoms with Crippen LogP contribution in [-0.2, 0) is 5.75 Å². The van der Waals surface area contributed by atoms with E-state index < -0.39 is 0 Å². The predicted molar refractivity (Wildman–Crippen MR) is 70.6 cm³/mol. The summed E-state index contributed by atoms with van der Waals surface area (Å²) in [6.45, 7) is 2.07. The topological polar surface area (TPSA) is 38.7 Å². The second kappa shape index (κ2) is 5.67. The fourth-order valence-electron chi connectivity index (χ4n) is 1.29. The molecule has 17 heavy (non-hydrogen) atoms. The van der Waals surface area contributed by atoms with E-state index in [9.17, 15) is 0 Å². The lowest BCUT2D eigenvalue weighted by Gasteiger charge is -2.04. The largest absolute Gasteiger partial charge is 0.227 e. The van der Waals surface area contributed by atoms with E-state index in [1.54, 1.807) is 0 Å². The van der Waals surface area contributed by atoms with Crippen molar-refractivity contribution in [3.63, 3.8) is 0 Å². The van der Waals surface area contributed by atoms with E-state index >= 15 is 0 Å². The molecule has 1 aromatic heterocycles. The number of thioether (sulfide) groups is 1. The molecule has 1 heterocycles. The Morgan fingerprint density at radius 2 is 1.71 bits per heavy atom. The fourth-order valence-corrected chi connectivity index (χ4v) is 2.66. The van der Waals surface area contributed by atoms with E-state index in [2.05, 4.69) is 34.0 Å². The molecule has 0 fully saturated rings. The summed E-state index contributed by atoms with van der Waals surface area (Å²) in [4.78, 5) is 11.7. The van der Waals surface area contributed by atoms with Crippen LogP contribution in [0, 0.1) is 6.92 Å². The normalized spacial score (nSPS) is 10.5. The SMILES string of the molecule is Cc1ccccc1CSc1nc(Cl)nc(Cl)n1. The van der Waals surface area contributed by atoms with E-state index in [-0.39, 0.29) is 10.6 Å². The molecule has 88 valence electrons. The molecule has 2 rings (SSSR count). The van der Waals surface area contributed by atoms with E-state index in [4.69, 9.17) is 23.2 Å². The van der Waals surface area contributed by atoms with Gasteiger partial charge in [-0.3, -0.25) is 0 Å². The third kappa shape index (κ3) is 3.56. The van der Waals surface area contributed by atoms with E-state index in [1.807, 2.05) is 12.1 Å². The van der Waals surface area contributed by atoms with Crippen molar-refractivity contribution < 1.29 is 0 Å². The first kappa shape index (κ1) is 12.6. The highest BCUT2D eigenvalue weighted by Gasteiger charge is 2.05. The van der Waals surface area contributed by atoms with Gasteiger partial charge >= 0.3 is 0 Å². The number of benzene rings is 1. The summed E-state index contributed by atoms with van der Waals surface area (Å²) in [6, 6.07) is 8.17. The van der Waals surface area contributed by atoms with Gasteiger partial charge in [0.1, 0.15) is 0 Å². The molecule has 3 nitrogen and oxygen atoms in total. The maximum Gasteiger partial charge on any atom is 0.227 e. The molecule has 0 saturated heterocycles. The second-order valence-electron chi connectivity index (χ2n) is 3.37. The lowest BCUT2D eigenvalue weighted by Crippen LogP contribution is -1.93. The van der Waals surface area contributed by atoms with Crippen LogP contribution in [0.1, 0.15) is 11.1 Å². The summed E-state index contributed by atoms with van der Waals surface area (Å²) in [5.41, 5.74) is 2.48. The van der Waals surface area contributed by atoms with Gasteiger partial charge in [-0.2, -0.15) is 15.0 Å². The number of hydrogen-bond donors (Lipinski definition) is 0. The Labute approximate surface area is 114 Å². The quantitative estimate of drug-likeness (QED) is 0.805. The van der Waals surface area contributed by atoms with Crippen LogP contribution in [0.25, 0.3) is 0 Å². The van der Waals surface area contributed by atoms with Crippen molar-refractivity contribution in [1.82, 2.24) is 15.0 Å². The van der Waals surface area contributed by atoms with Crippen molar-refractivity contribution in [3.05, 3.63) is 46.0 Å². The number of aryl methyl sites for hydroxylation is 1. The summed E-state index contributed by atoms with van der Waals surface area (Å²) in [5.74, 6) is 0.781. The maximum atomic E-state index is 5.70. The van der Waals surface area contributed by atoms with E-state index in [1.165, 1.54) is 22.9 Å². The molecule has 0 spiro atoms. The molecule has 0 unspecified atom stereocenters. The molecular formula is C11H9Cl2N3S. The van der Waals surface area contributed by atoms with Crippen LogP contribution in [0.2, 0.25) is 10.6 Å². The van der Waals surface area contributed by atoms with Gasteiger partial charge < -0.3 is 0 Å². The van der Waals surface area contributed by atoms with Gasteiger partial charge in [0.2, 0.25) is 10.6 Å². The third-order valence-corrected chi connectivity index (χ3v) is 3.41. The Kier molecular flexibility index (Phi) is 4.20. The number of rotatable bonds is 3. The van der Waals surface area contributed by atoms with Gasteiger partial charge in [-0.15, -0.1) is 0 Å². The van der Waals surface area contributed by atoms with Crippen LogP contribution in [0.5, 0.6) is 0 Å². The standard InChI is InChI=1S/C11H9Cl2N3S/c1-7-4-2-3-5-8(7)6-17-11-15-9(12)14-10(13)16-11/h2-5H,6H2,1H3. The molecule has 0 saturated carbocycles. The number of nitrogens with zero attached hydrogens (tertiary/aromatic N) is 3.